The third kappa shape index (κ3) is 2.70. The number of hydrogen-bond acceptors (Lipinski definition) is 6. The van der Waals surface area contributed by atoms with E-state index in [4.69, 9.17) is 4.74 Å². The Hall–Kier alpha value is -2.94. The van der Waals surface area contributed by atoms with E-state index >= 15 is 0 Å². The molecule has 0 aliphatic carbocycles. The second-order valence-corrected chi connectivity index (χ2v) is 6.86. The van der Waals surface area contributed by atoms with Crippen molar-refractivity contribution in [1.82, 2.24) is 19.9 Å². The number of aromatic amines is 1. The number of likely N-dealkylation sites (tertiary alicyclic amines) is 1. The number of benzene rings is 1. The van der Waals surface area contributed by atoms with Gasteiger partial charge in [0.05, 0.1) is 19.6 Å². The fraction of sp³-hybridized carbons (Fsp3) is 0.412. The molecular formula is C17H18N4O5. The molecule has 2 aliphatic rings. The summed E-state index contributed by atoms with van der Waals surface area (Å²) in [6.45, 7) is 3.25. The molecule has 2 saturated heterocycles. The maximum atomic E-state index is 12.9. The summed E-state index contributed by atoms with van der Waals surface area (Å²) in [6.07, 6.45) is 0. The molecule has 0 atom stereocenters. The normalized spacial score (nSPS) is 18.9. The van der Waals surface area contributed by atoms with Gasteiger partial charge in [0.15, 0.2) is 5.82 Å². The van der Waals surface area contributed by atoms with E-state index in [1.54, 1.807) is 35.0 Å². The van der Waals surface area contributed by atoms with Crippen molar-refractivity contribution in [1.29, 1.82) is 0 Å². The molecule has 4 rings (SSSR count). The largest absolute Gasteiger partial charge is 0.439 e. The second-order valence-electron chi connectivity index (χ2n) is 6.86. The Labute approximate surface area is 148 Å². The van der Waals surface area contributed by atoms with E-state index in [1.165, 1.54) is 0 Å². The summed E-state index contributed by atoms with van der Waals surface area (Å²) in [6, 6.07) is 5.25. The van der Waals surface area contributed by atoms with Gasteiger partial charge in [-0.25, -0.2) is 4.79 Å². The highest BCUT2D eigenvalue weighted by molar-refractivity contribution is 5.97. The number of hydrogen-bond donors (Lipinski definition) is 1. The minimum Gasteiger partial charge on any atom is -0.360 e. The zero-order chi connectivity index (χ0) is 18.5. The van der Waals surface area contributed by atoms with Gasteiger partial charge in [-0.1, -0.05) is 17.3 Å². The summed E-state index contributed by atoms with van der Waals surface area (Å²) < 4.78 is 10.2. The number of carbonyl (C=O) groups excluding carboxylic acids is 2. The molecule has 26 heavy (non-hydrogen) atoms. The van der Waals surface area contributed by atoms with Gasteiger partial charge in [0.2, 0.25) is 5.91 Å². The first kappa shape index (κ1) is 16.5. The van der Waals surface area contributed by atoms with Crippen LogP contribution in [0.5, 0.6) is 0 Å². The van der Waals surface area contributed by atoms with E-state index < -0.39 is 11.4 Å². The number of carbonyl (C=O) groups is 2. The summed E-state index contributed by atoms with van der Waals surface area (Å²) >= 11 is 0. The number of nitrogens with zero attached hydrogens (tertiary/aromatic N) is 3. The maximum Gasteiger partial charge on any atom is 0.439 e. The fourth-order valence-corrected chi connectivity index (χ4v) is 3.40. The lowest BCUT2D eigenvalue weighted by Gasteiger charge is -2.53. The number of likely N-dealkylation sites (N-methyl/N-ethyl adjacent to an activating group) is 1. The molecule has 1 N–H and O–H groups in total. The topological polar surface area (TPSA) is 109 Å². The lowest BCUT2D eigenvalue weighted by atomic mass is 9.90. The molecular weight excluding hydrogens is 340 g/mol. The Morgan fingerprint density at radius 1 is 1.27 bits per heavy atom. The van der Waals surface area contributed by atoms with Crippen LogP contribution in [0.1, 0.15) is 15.9 Å². The van der Waals surface area contributed by atoms with Gasteiger partial charge < -0.3 is 14.5 Å². The number of aromatic nitrogens is 2. The standard InChI is InChI=1S/C17H18N4O5/c1-10-3-4-11(14-18-16(24)26-19-14)5-12(10)15(23)21-8-17(9-21)7-20(2)13(22)6-25-17/h3-5H,6-9H2,1-2H3,(H,18,19,24). The van der Waals surface area contributed by atoms with E-state index in [-0.39, 0.29) is 24.2 Å². The zero-order valence-corrected chi connectivity index (χ0v) is 14.4. The van der Waals surface area contributed by atoms with Gasteiger partial charge in [0.1, 0.15) is 12.2 Å². The average molecular weight is 358 g/mol. The number of H-pyrrole nitrogens is 1. The summed E-state index contributed by atoms with van der Waals surface area (Å²) in [5, 5.41) is 3.65. The van der Waals surface area contributed by atoms with Crippen LogP contribution in [0.15, 0.2) is 27.5 Å². The van der Waals surface area contributed by atoms with Gasteiger partial charge >= 0.3 is 5.76 Å². The molecule has 1 aromatic heterocycles. The lowest BCUT2D eigenvalue weighted by molar-refractivity contribution is -0.184. The summed E-state index contributed by atoms with van der Waals surface area (Å²) in [4.78, 5) is 41.4. The predicted molar refractivity (Wildman–Crippen MR) is 89.5 cm³/mol. The van der Waals surface area contributed by atoms with Crippen molar-refractivity contribution < 1.29 is 18.8 Å². The fourth-order valence-electron chi connectivity index (χ4n) is 3.40. The van der Waals surface area contributed by atoms with Crippen molar-refractivity contribution in [2.45, 2.75) is 12.5 Å². The number of aryl methyl sites for hydroxylation is 1. The van der Waals surface area contributed by atoms with Crippen LogP contribution < -0.4 is 5.76 Å². The molecule has 0 unspecified atom stereocenters. The molecule has 2 aliphatic heterocycles. The van der Waals surface area contributed by atoms with Crippen LogP contribution in [0.3, 0.4) is 0 Å². The Morgan fingerprint density at radius 3 is 2.69 bits per heavy atom. The van der Waals surface area contributed by atoms with Crippen LogP contribution in [-0.4, -0.2) is 70.6 Å². The van der Waals surface area contributed by atoms with Crippen molar-refractivity contribution in [2.24, 2.45) is 0 Å². The Bertz CT molecular complexity index is 941. The smallest absolute Gasteiger partial charge is 0.360 e. The van der Waals surface area contributed by atoms with Crippen LogP contribution in [0, 0.1) is 6.92 Å². The third-order valence-corrected chi connectivity index (χ3v) is 4.88. The number of amides is 2. The molecule has 1 aromatic carbocycles. The zero-order valence-electron chi connectivity index (χ0n) is 14.4. The van der Waals surface area contributed by atoms with E-state index in [1.807, 2.05) is 6.92 Å². The molecule has 3 heterocycles. The third-order valence-electron chi connectivity index (χ3n) is 4.88. The van der Waals surface area contributed by atoms with E-state index in [9.17, 15) is 14.4 Å². The Balaban J connectivity index is 1.53. The lowest BCUT2D eigenvalue weighted by Crippen LogP contribution is -2.71. The molecule has 0 saturated carbocycles. The molecule has 2 fully saturated rings. The van der Waals surface area contributed by atoms with E-state index in [0.29, 0.717) is 30.8 Å². The highest BCUT2D eigenvalue weighted by Gasteiger charge is 2.50. The average Bonchev–Trinajstić information content (AvgIpc) is 3.02. The highest BCUT2D eigenvalue weighted by Crippen LogP contribution is 2.31. The molecule has 9 nitrogen and oxygen atoms in total. The quantitative estimate of drug-likeness (QED) is 0.811. The predicted octanol–water partition coefficient (Wildman–Crippen LogP) is 0.0215. The van der Waals surface area contributed by atoms with Crippen molar-refractivity contribution in [2.75, 3.05) is 33.3 Å². The SMILES string of the molecule is Cc1ccc(-c2noc(=O)[nH]2)cc1C(=O)N1CC2(CN(C)C(=O)CO2)C1. The monoisotopic (exact) mass is 358 g/mol. The van der Waals surface area contributed by atoms with Crippen LogP contribution in [0.25, 0.3) is 11.4 Å². The number of nitrogens with one attached hydrogen (secondary N) is 1. The second kappa shape index (κ2) is 5.80. The van der Waals surface area contributed by atoms with Gasteiger partial charge in [-0.15, -0.1) is 0 Å². The minimum absolute atomic E-state index is 0.0482. The molecule has 9 heteroatoms. The van der Waals surface area contributed by atoms with Crippen LogP contribution in [-0.2, 0) is 9.53 Å². The van der Waals surface area contributed by atoms with Gasteiger partial charge in [-0.3, -0.25) is 19.1 Å². The van der Waals surface area contributed by atoms with Gasteiger partial charge in [0.25, 0.3) is 5.91 Å². The first-order chi connectivity index (χ1) is 12.4. The maximum absolute atomic E-state index is 12.9. The number of rotatable bonds is 2. The molecule has 0 bridgehead atoms. The summed E-state index contributed by atoms with van der Waals surface area (Å²) in [7, 11) is 1.74. The summed E-state index contributed by atoms with van der Waals surface area (Å²) in [5.41, 5.74) is 1.48. The molecule has 2 amide bonds. The van der Waals surface area contributed by atoms with Crippen molar-refractivity contribution in [3.8, 4) is 11.4 Å². The Kier molecular flexibility index (Phi) is 3.69. The Morgan fingerprint density at radius 2 is 2.04 bits per heavy atom. The van der Waals surface area contributed by atoms with Gasteiger partial charge in [0, 0.05) is 18.2 Å². The van der Waals surface area contributed by atoms with Crippen molar-refractivity contribution >= 4 is 11.8 Å². The van der Waals surface area contributed by atoms with E-state index in [0.717, 1.165) is 5.56 Å². The van der Waals surface area contributed by atoms with Crippen molar-refractivity contribution in [3.63, 3.8) is 0 Å². The number of morpholine rings is 1. The van der Waals surface area contributed by atoms with Gasteiger partial charge in [-0.05, 0) is 18.6 Å². The number of ether oxygens (including phenoxy) is 1. The van der Waals surface area contributed by atoms with E-state index in [2.05, 4.69) is 14.7 Å². The first-order valence-corrected chi connectivity index (χ1v) is 8.21. The molecule has 2 aromatic rings. The van der Waals surface area contributed by atoms with Crippen LogP contribution in [0.4, 0.5) is 0 Å². The molecule has 136 valence electrons. The van der Waals surface area contributed by atoms with Crippen LogP contribution in [0.2, 0.25) is 0 Å². The summed E-state index contributed by atoms with van der Waals surface area (Å²) in [5.74, 6) is -0.541. The molecule has 1 spiro atoms. The molecule has 0 radical (unpaired) electrons. The minimum atomic E-state index is -0.647. The highest BCUT2D eigenvalue weighted by atomic mass is 16.5. The van der Waals surface area contributed by atoms with Gasteiger partial charge in [-0.2, -0.15) is 0 Å². The van der Waals surface area contributed by atoms with Crippen molar-refractivity contribution in [3.05, 3.63) is 39.9 Å². The first-order valence-electron chi connectivity index (χ1n) is 8.21. The van der Waals surface area contributed by atoms with Crippen LogP contribution >= 0.6 is 0 Å².